The van der Waals surface area contributed by atoms with E-state index in [9.17, 15) is 0 Å². The summed E-state index contributed by atoms with van der Waals surface area (Å²) in [5.41, 5.74) is 11.6. The van der Waals surface area contributed by atoms with Gasteiger partial charge < -0.3 is 48.0 Å². The van der Waals surface area contributed by atoms with E-state index in [-0.39, 0.29) is 40.2 Å². The minimum atomic E-state index is 0. The SMILES string of the molecule is CN1C=CN(c2[c-]ccc3c2oc2ccccc23)[CH-]1.CN1C=CN(c2[c-]ccc3c2oc2ccccc23)[CH-]1.CN1[CH-]N(c2[c-]cccc2)c2ncncc21.Cc1ccccc1-c1ncc2c(n1)N(c1[c-]cccc1)[CH-]N2C.[Ir].[Ir]. The normalized spacial score (nSPS) is 13.9. The number of hydrogen-bond donors (Lipinski definition) is 0. The Labute approximate surface area is 486 Å². The molecule has 0 atom stereocenters. The molecule has 4 aliphatic rings. The van der Waals surface area contributed by atoms with E-state index in [0.29, 0.717) is 0 Å². The Morgan fingerprint density at radius 2 is 0.975 bits per heavy atom. The number of anilines is 8. The van der Waals surface area contributed by atoms with Crippen LogP contribution in [-0.2, 0) is 40.2 Å². The second-order valence-corrected chi connectivity index (χ2v) is 18.4. The molecule has 0 saturated heterocycles. The van der Waals surface area contributed by atoms with Gasteiger partial charge in [0, 0.05) is 67.7 Å². The summed E-state index contributed by atoms with van der Waals surface area (Å²) in [5, 5.41) is 4.54. The third-order valence-corrected chi connectivity index (χ3v) is 13.2. The molecule has 0 bridgehead atoms. The average Bonchev–Trinajstić information content (AvgIpc) is 4.50. The quantitative estimate of drug-likeness (QED) is 0.153. The Morgan fingerprint density at radius 1 is 0.468 bits per heavy atom. The van der Waals surface area contributed by atoms with Crippen LogP contribution < -0.4 is 29.4 Å². The molecule has 400 valence electrons. The van der Waals surface area contributed by atoms with Gasteiger partial charge in [-0.15, -0.1) is 11.4 Å². The fourth-order valence-electron chi connectivity index (χ4n) is 9.40. The molecule has 79 heavy (non-hydrogen) atoms. The number of furan rings is 2. The van der Waals surface area contributed by atoms with E-state index in [4.69, 9.17) is 13.8 Å². The largest absolute Gasteiger partial charge is 0.514 e. The Morgan fingerprint density at radius 3 is 1.49 bits per heavy atom. The van der Waals surface area contributed by atoms with Crippen molar-refractivity contribution in [1.29, 1.82) is 0 Å². The van der Waals surface area contributed by atoms with Crippen molar-refractivity contribution in [3.8, 4) is 11.4 Å². The zero-order valence-electron chi connectivity index (χ0n) is 43.6. The van der Waals surface area contributed by atoms with Crippen LogP contribution in [-0.4, -0.2) is 57.9 Å². The minimum absolute atomic E-state index is 0. The van der Waals surface area contributed by atoms with Gasteiger partial charge in [-0.25, -0.2) is 19.9 Å². The van der Waals surface area contributed by atoms with Gasteiger partial charge in [0.1, 0.15) is 29.1 Å². The molecule has 8 heterocycles. The molecule has 7 aromatic carbocycles. The van der Waals surface area contributed by atoms with Gasteiger partial charge in [0.05, 0.1) is 23.8 Å². The fourth-order valence-corrected chi connectivity index (χ4v) is 9.40. The van der Waals surface area contributed by atoms with E-state index in [1.165, 1.54) is 5.56 Å². The number of hydrogen-bond acceptors (Lipinski definition) is 14. The molecule has 0 fully saturated rings. The molecule has 4 aliphatic heterocycles. The Hall–Kier alpha value is -8.52. The summed E-state index contributed by atoms with van der Waals surface area (Å²) in [6.45, 7) is 10.1. The maximum absolute atomic E-state index is 5.99. The summed E-state index contributed by atoms with van der Waals surface area (Å²) in [6, 6.07) is 61.0. The van der Waals surface area contributed by atoms with Gasteiger partial charge in [0.2, 0.25) is 0 Å². The number of nitrogens with zero attached hydrogens (tertiary/aromatic N) is 12. The third kappa shape index (κ3) is 10.9. The van der Waals surface area contributed by atoms with E-state index < -0.39 is 0 Å². The molecular formula is C63H50Ir2N12O2-8. The molecule has 14 nitrogen and oxygen atoms in total. The molecule has 4 aromatic heterocycles. The summed E-state index contributed by atoms with van der Waals surface area (Å²) >= 11 is 0. The van der Waals surface area contributed by atoms with Crippen molar-refractivity contribution >= 4 is 89.6 Å². The first-order valence-electron chi connectivity index (χ1n) is 24.9. The fraction of sp³-hybridized carbons (Fsp3) is 0.0794. The van der Waals surface area contributed by atoms with E-state index in [0.717, 1.165) is 101 Å². The second-order valence-electron chi connectivity index (χ2n) is 18.4. The molecule has 11 aromatic rings. The molecule has 0 saturated carbocycles. The molecule has 16 heteroatoms. The van der Waals surface area contributed by atoms with Crippen LogP contribution in [0.2, 0.25) is 0 Å². The van der Waals surface area contributed by atoms with Crippen LogP contribution in [0.4, 0.5) is 45.8 Å². The summed E-state index contributed by atoms with van der Waals surface area (Å²) in [7, 11) is 7.97. The van der Waals surface area contributed by atoms with Crippen molar-refractivity contribution in [3.63, 3.8) is 0 Å². The Bertz CT molecular complexity index is 3810. The maximum Gasteiger partial charge on any atom is 0.161 e. The van der Waals surface area contributed by atoms with Crippen LogP contribution in [0.3, 0.4) is 0 Å². The van der Waals surface area contributed by atoms with E-state index in [1.54, 1.807) is 6.33 Å². The van der Waals surface area contributed by atoms with Crippen molar-refractivity contribution in [3.05, 3.63) is 246 Å². The van der Waals surface area contributed by atoms with Crippen LogP contribution in [0, 0.1) is 57.9 Å². The van der Waals surface area contributed by atoms with E-state index >= 15 is 0 Å². The van der Waals surface area contributed by atoms with E-state index in [1.807, 2.05) is 253 Å². The van der Waals surface area contributed by atoms with Crippen molar-refractivity contribution in [2.75, 3.05) is 57.6 Å². The number of aromatic nitrogens is 4. The van der Waals surface area contributed by atoms with Crippen LogP contribution in [0.25, 0.3) is 55.3 Å². The van der Waals surface area contributed by atoms with Crippen molar-refractivity contribution < 1.29 is 49.0 Å². The van der Waals surface area contributed by atoms with Crippen molar-refractivity contribution in [1.82, 2.24) is 29.7 Å². The van der Waals surface area contributed by atoms with Crippen molar-refractivity contribution in [2.45, 2.75) is 6.92 Å². The molecule has 0 N–H and O–H groups in total. The smallest absolute Gasteiger partial charge is 0.161 e. The molecule has 0 amide bonds. The van der Waals surface area contributed by atoms with Crippen LogP contribution in [0.15, 0.2) is 198 Å². The zero-order chi connectivity index (χ0) is 52.4. The summed E-state index contributed by atoms with van der Waals surface area (Å²) < 4.78 is 12.0. The van der Waals surface area contributed by atoms with Gasteiger partial charge in [-0.2, -0.15) is 124 Å². The topological polar surface area (TPSA) is 104 Å². The number of fused-ring (bicyclic) bond motifs is 8. The predicted octanol–water partition coefficient (Wildman–Crippen LogP) is 13.4. The van der Waals surface area contributed by atoms with Crippen molar-refractivity contribution in [2.24, 2.45) is 0 Å². The first-order valence-corrected chi connectivity index (χ1v) is 24.9. The molecule has 2 radical (unpaired) electrons. The standard InChI is InChI=1S/C19H16N4.2C16H12N2O.C12H10N4.2Ir/c1-14-8-6-7-11-16(14)18-20-12-17-19(21-18)23(13-22(17)2)15-9-4-3-5-10-15;2*1-17-9-10-18(11-17)14-7-4-6-13-12-5-2-3-8-15(12)19-16(13)14;1-15-9-16(10-5-3-2-4-6-10)12-11(15)7-13-8-14-12;;/h3-9,11-13H,1-2H3;2*2-6,8-11H,1H3;2-5,7-9H,1H3;;/q4*-2;;. The minimum Gasteiger partial charge on any atom is -0.514 e. The molecule has 0 spiro atoms. The molecule has 15 rings (SSSR count). The van der Waals surface area contributed by atoms with Crippen LogP contribution in [0.5, 0.6) is 0 Å². The number of benzene rings is 7. The van der Waals surface area contributed by atoms with Gasteiger partial charge in [0.25, 0.3) is 0 Å². The summed E-state index contributed by atoms with van der Waals surface area (Å²) in [6.07, 6.45) is 13.2. The molecule has 0 aliphatic carbocycles. The predicted molar refractivity (Wildman–Crippen MR) is 307 cm³/mol. The molecule has 0 unspecified atom stereocenters. The first kappa shape index (κ1) is 53.9. The van der Waals surface area contributed by atoms with Gasteiger partial charge in [0.15, 0.2) is 5.82 Å². The van der Waals surface area contributed by atoms with Gasteiger partial charge >= 0.3 is 0 Å². The monoisotopic (exact) mass is 1390 g/mol. The number of aryl methyl sites for hydroxylation is 1. The average molecular weight is 1390 g/mol. The van der Waals surface area contributed by atoms with Crippen LogP contribution >= 0.6 is 0 Å². The maximum atomic E-state index is 5.99. The van der Waals surface area contributed by atoms with Gasteiger partial charge in [-0.3, -0.25) is 0 Å². The Kier molecular flexibility index (Phi) is 16.1. The van der Waals surface area contributed by atoms with Gasteiger partial charge in [-0.05, 0) is 77.6 Å². The summed E-state index contributed by atoms with van der Waals surface area (Å²) in [4.78, 5) is 33.8. The third-order valence-electron chi connectivity index (χ3n) is 13.2. The number of rotatable bonds is 5. The number of para-hydroxylation sites is 4. The molecular weight excluding hydrogens is 1340 g/mol. The first-order chi connectivity index (χ1) is 37.8. The van der Waals surface area contributed by atoms with Crippen LogP contribution in [0.1, 0.15) is 5.56 Å². The zero-order valence-corrected chi connectivity index (χ0v) is 48.3. The summed E-state index contributed by atoms with van der Waals surface area (Å²) in [5.74, 6) is 2.51. The van der Waals surface area contributed by atoms with E-state index in [2.05, 4.69) is 70.4 Å². The second kappa shape index (κ2) is 23.6. The Balaban J connectivity index is 0.000000119. The van der Waals surface area contributed by atoms with Gasteiger partial charge in [-0.1, -0.05) is 82.8 Å².